The summed E-state index contributed by atoms with van der Waals surface area (Å²) in [5.74, 6) is -0.223. The van der Waals surface area contributed by atoms with E-state index >= 15 is 0 Å². The second-order valence-electron chi connectivity index (χ2n) is 3.29. The van der Waals surface area contributed by atoms with Crippen LogP contribution < -0.4 is 10.3 Å². The van der Waals surface area contributed by atoms with Crippen LogP contribution in [0.3, 0.4) is 0 Å². The number of pyridine rings is 1. The number of nitrogens with one attached hydrogen (secondary N) is 1. The molecule has 0 bridgehead atoms. The molecule has 0 aliphatic carbocycles. The van der Waals surface area contributed by atoms with Gasteiger partial charge >= 0.3 is 0 Å². The Labute approximate surface area is 91.5 Å². The largest absolute Gasteiger partial charge is 0.494 e. The molecule has 82 valence electrons. The van der Waals surface area contributed by atoms with Crippen molar-refractivity contribution in [2.75, 3.05) is 7.11 Å². The molecule has 1 heterocycles. The Balaban J connectivity index is 2.48. The van der Waals surface area contributed by atoms with Gasteiger partial charge < -0.3 is 9.72 Å². The number of aromatic nitrogens is 1. The zero-order valence-corrected chi connectivity index (χ0v) is 8.66. The summed E-state index contributed by atoms with van der Waals surface area (Å²) >= 11 is 0. The van der Waals surface area contributed by atoms with Crippen molar-refractivity contribution in [2.24, 2.45) is 0 Å². The van der Waals surface area contributed by atoms with E-state index < -0.39 is 5.82 Å². The number of aromatic amines is 1. The van der Waals surface area contributed by atoms with Gasteiger partial charge in [-0.05, 0) is 29.3 Å². The van der Waals surface area contributed by atoms with Gasteiger partial charge in [0.2, 0.25) is 5.56 Å². The molecule has 1 N–H and O–H groups in total. The first-order chi connectivity index (χ1) is 7.70. The van der Waals surface area contributed by atoms with Crippen molar-refractivity contribution in [3.8, 4) is 16.9 Å². The van der Waals surface area contributed by atoms with E-state index in [1.165, 1.54) is 19.2 Å². The SMILES string of the molecule is COc1cc(-c2ccc(=O)[nH]c2)ccc1F. The van der Waals surface area contributed by atoms with Gasteiger partial charge in [0, 0.05) is 12.3 Å². The molecular weight excluding hydrogens is 209 g/mol. The summed E-state index contributed by atoms with van der Waals surface area (Å²) in [6.45, 7) is 0. The number of halogens is 1. The highest BCUT2D eigenvalue weighted by Gasteiger charge is 2.04. The van der Waals surface area contributed by atoms with Crippen LogP contribution in [0.4, 0.5) is 4.39 Å². The van der Waals surface area contributed by atoms with Crippen molar-refractivity contribution < 1.29 is 9.13 Å². The van der Waals surface area contributed by atoms with Crippen LogP contribution in [0.25, 0.3) is 11.1 Å². The van der Waals surface area contributed by atoms with Crippen LogP contribution in [-0.2, 0) is 0 Å². The molecule has 2 aromatic rings. The molecule has 0 spiro atoms. The van der Waals surface area contributed by atoms with Crippen LogP contribution in [0.1, 0.15) is 0 Å². The number of H-pyrrole nitrogens is 1. The molecule has 0 aliphatic rings. The molecule has 3 nitrogen and oxygen atoms in total. The number of hydrogen-bond acceptors (Lipinski definition) is 2. The molecule has 0 saturated heterocycles. The maximum Gasteiger partial charge on any atom is 0.247 e. The maximum atomic E-state index is 13.2. The maximum absolute atomic E-state index is 13.2. The third-order valence-corrected chi connectivity index (χ3v) is 2.27. The summed E-state index contributed by atoms with van der Waals surface area (Å²) in [7, 11) is 1.41. The highest BCUT2D eigenvalue weighted by atomic mass is 19.1. The third-order valence-electron chi connectivity index (χ3n) is 2.27. The van der Waals surface area contributed by atoms with Crippen LogP contribution >= 0.6 is 0 Å². The first kappa shape index (κ1) is 10.4. The molecule has 0 amide bonds. The van der Waals surface area contributed by atoms with Gasteiger partial charge in [-0.3, -0.25) is 4.79 Å². The van der Waals surface area contributed by atoms with Gasteiger partial charge in [-0.1, -0.05) is 6.07 Å². The average molecular weight is 219 g/mol. The highest BCUT2D eigenvalue weighted by Crippen LogP contribution is 2.25. The predicted octanol–water partition coefficient (Wildman–Crippen LogP) is 2.19. The van der Waals surface area contributed by atoms with Crippen LogP contribution in [0, 0.1) is 5.82 Å². The lowest BCUT2D eigenvalue weighted by molar-refractivity contribution is 0.387. The van der Waals surface area contributed by atoms with Crippen LogP contribution in [0.15, 0.2) is 41.3 Å². The van der Waals surface area contributed by atoms with Gasteiger partial charge in [-0.15, -0.1) is 0 Å². The molecule has 0 radical (unpaired) electrons. The number of methoxy groups -OCH3 is 1. The minimum absolute atomic E-state index is 0.169. The van der Waals surface area contributed by atoms with E-state index in [0.29, 0.717) is 0 Å². The van der Waals surface area contributed by atoms with Gasteiger partial charge in [-0.2, -0.15) is 0 Å². The zero-order valence-electron chi connectivity index (χ0n) is 8.66. The monoisotopic (exact) mass is 219 g/mol. The lowest BCUT2D eigenvalue weighted by atomic mass is 10.1. The van der Waals surface area contributed by atoms with Crippen LogP contribution in [0.5, 0.6) is 5.75 Å². The second kappa shape index (κ2) is 4.18. The molecule has 4 heteroatoms. The Morgan fingerprint density at radius 1 is 1.19 bits per heavy atom. The molecule has 0 saturated carbocycles. The molecule has 0 fully saturated rings. The standard InChI is InChI=1S/C12H10FNO2/c1-16-11-6-8(2-4-10(11)13)9-3-5-12(15)14-7-9/h2-7H,1H3,(H,14,15). The summed E-state index contributed by atoms with van der Waals surface area (Å²) in [5, 5.41) is 0. The van der Waals surface area contributed by atoms with Gasteiger partial charge in [0.1, 0.15) is 0 Å². The van der Waals surface area contributed by atoms with Crippen molar-refractivity contribution in [3.63, 3.8) is 0 Å². The minimum atomic E-state index is -0.407. The molecule has 0 unspecified atom stereocenters. The Morgan fingerprint density at radius 3 is 2.56 bits per heavy atom. The Kier molecular flexibility index (Phi) is 2.72. The number of rotatable bonds is 2. The molecule has 2 rings (SSSR count). The average Bonchev–Trinajstić information content (AvgIpc) is 2.31. The zero-order chi connectivity index (χ0) is 11.5. The molecule has 16 heavy (non-hydrogen) atoms. The fourth-order valence-corrected chi connectivity index (χ4v) is 1.43. The third kappa shape index (κ3) is 1.95. The topological polar surface area (TPSA) is 42.1 Å². The number of hydrogen-bond donors (Lipinski definition) is 1. The van der Waals surface area contributed by atoms with E-state index in [1.807, 2.05) is 0 Å². The van der Waals surface area contributed by atoms with Gasteiger partial charge in [0.05, 0.1) is 7.11 Å². The van der Waals surface area contributed by atoms with Crippen molar-refractivity contribution in [1.82, 2.24) is 4.98 Å². The van der Waals surface area contributed by atoms with E-state index in [9.17, 15) is 9.18 Å². The lowest BCUT2D eigenvalue weighted by Crippen LogP contribution is -2.01. The summed E-state index contributed by atoms with van der Waals surface area (Å²) in [6.07, 6.45) is 1.58. The number of benzene rings is 1. The first-order valence-corrected chi connectivity index (χ1v) is 4.73. The Bertz CT molecular complexity index is 543. The molecular formula is C12H10FNO2. The van der Waals surface area contributed by atoms with Gasteiger partial charge in [0.15, 0.2) is 11.6 Å². The summed E-state index contributed by atoms with van der Waals surface area (Å²) in [5.41, 5.74) is 1.42. The Morgan fingerprint density at radius 2 is 1.94 bits per heavy atom. The fraction of sp³-hybridized carbons (Fsp3) is 0.0833. The van der Waals surface area contributed by atoms with Crippen molar-refractivity contribution >= 4 is 0 Å². The second-order valence-corrected chi connectivity index (χ2v) is 3.29. The first-order valence-electron chi connectivity index (χ1n) is 4.73. The normalized spacial score (nSPS) is 10.1. The molecule has 1 aromatic carbocycles. The van der Waals surface area contributed by atoms with E-state index in [4.69, 9.17) is 4.74 Å². The molecule has 0 atom stereocenters. The van der Waals surface area contributed by atoms with E-state index in [0.717, 1.165) is 11.1 Å². The summed E-state index contributed by atoms with van der Waals surface area (Å²) < 4.78 is 18.1. The minimum Gasteiger partial charge on any atom is -0.494 e. The molecule has 1 aromatic heterocycles. The highest BCUT2D eigenvalue weighted by molar-refractivity contribution is 5.64. The van der Waals surface area contributed by atoms with Gasteiger partial charge in [0.25, 0.3) is 0 Å². The lowest BCUT2D eigenvalue weighted by Gasteiger charge is -2.05. The van der Waals surface area contributed by atoms with E-state index in [-0.39, 0.29) is 11.3 Å². The van der Waals surface area contributed by atoms with Crippen molar-refractivity contribution in [2.45, 2.75) is 0 Å². The van der Waals surface area contributed by atoms with E-state index in [1.54, 1.807) is 24.4 Å². The Hall–Kier alpha value is -2.10. The molecule has 0 aliphatic heterocycles. The van der Waals surface area contributed by atoms with Crippen LogP contribution in [-0.4, -0.2) is 12.1 Å². The smallest absolute Gasteiger partial charge is 0.247 e. The van der Waals surface area contributed by atoms with Crippen molar-refractivity contribution in [1.29, 1.82) is 0 Å². The van der Waals surface area contributed by atoms with E-state index in [2.05, 4.69) is 4.98 Å². The fourth-order valence-electron chi connectivity index (χ4n) is 1.43. The number of ether oxygens (including phenoxy) is 1. The van der Waals surface area contributed by atoms with Gasteiger partial charge in [-0.25, -0.2) is 4.39 Å². The summed E-state index contributed by atoms with van der Waals surface area (Å²) in [4.78, 5) is 13.5. The summed E-state index contributed by atoms with van der Waals surface area (Å²) in [6, 6.07) is 7.64. The van der Waals surface area contributed by atoms with Crippen LogP contribution in [0.2, 0.25) is 0 Å². The quantitative estimate of drug-likeness (QED) is 0.841. The van der Waals surface area contributed by atoms with Crippen molar-refractivity contribution in [3.05, 3.63) is 52.7 Å². The predicted molar refractivity (Wildman–Crippen MR) is 59.0 cm³/mol.